The molecule has 19 heavy (non-hydrogen) atoms. The number of rotatable bonds is 6. The monoisotopic (exact) mass is 271 g/mol. The second-order valence-electron chi connectivity index (χ2n) is 4.48. The van der Waals surface area contributed by atoms with Crippen LogP contribution in [0.4, 0.5) is 8.78 Å². The minimum atomic E-state index is -0.927. The van der Waals surface area contributed by atoms with Crippen molar-refractivity contribution in [3.63, 3.8) is 0 Å². The van der Waals surface area contributed by atoms with E-state index in [4.69, 9.17) is 10.5 Å². The van der Waals surface area contributed by atoms with E-state index in [0.29, 0.717) is 12.0 Å². The van der Waals surface area contributed by atoms with Crippen LogP contribution >= 0.6 is 0 Å². The topological polar surface area (TPSA) is 52.3 Å². The minimum absolute atomic E-state index is 0.0985. The van der Waals surface area contributed by atoms with E-state index in [-0.39, 0.29) is 19.6 Å². The predicted octanol–water partition coefficient (Wildman–Crippen LogP) is 2.43. The van der Waals surface area contributed by atoms with Crippen molar-refractivity contribution in [2.24, 2.45) is 11.1 Å². The molecule has 3 nitrogen and oxygen atoms in total. The molecule has 0 heterocycles. The molecule has 0 saturated carbocycles. The average Bonchev–Trinajstić information content (AvgIpc) is 2.40. The van der Waals surface area contributed by atoms with Gasteiger partial charge < -0.3 is 10.5 Å². The number of esters is 1. The second-order valence-corrected chi connectivity index (χ2v) is 4.48. The number of carbonyl (C=O) groups is 1. The Labute approximate surface area is 111 Å². The number of carbonyl (C=O) groups excluding carboxylic acids is 1. The highest BCUT2D eigenvalue weighted by molar-refractivity contribution is 5.77. The Hall–Kier alpha value is -1.49. The van der Waals surface area contributed by atoms with Crippen LogP contribution in [-0.4, -0.2) is 19.1 Å². The summed E-state index contributed by atoms with van der Waals surface area (Å²) in [4.78, 5) is 12.0. The lowest BCUT2D eigenvalue weighted by molar-refractivity contribution is -0.155. The highest BCUT2D eigenvalue weighted by atomic mass is 19.2. The third kappa shape index (κ3) is 3.50. The van der Waals surface area contributed by atoms with Crippen LogP contribution in [0.5, 0.6) is 0 Å². The molecule has 0 spiro atoms. The van der Waals surface area contributed by atoms with Crippen LogP contribution < -0.4 is 5.73 Å². The van der Waals surface area contributed by atoms with Gasteiger partial charge in [-0.1, -0.05) is 13.0 Å². The fourth-order valence-electron chi connectivity index (χ4n) is 1.97. The van der Waals surface area contributed by atoms with Crippen LogP contribution in [0.25, 0.3) is 0 Å². The van der Waals surface area contributed by atoms with Crippen molar-refractivity contribution in [1.82, 2.24) is 0 Å². The Bertz CT molecular complexity index is 445. The van der Waals surface area contributed by atoms with E-state index in [1.807, 2.05) is 6.92 Å². The Kier molecular flexibility index (Phi) is 5.42. The quantitative estimate of drug-likeness (QED) is 0.808. The van der Waals surface area contributed by atoms with Crippen LogP contribution in [0.3, 0.4) is 0 Å². The van der Waals surface area contributed by atoms with E-state index in [9.17, 15) is 13.6 Å². The molecule has 2 N–H and O–H groups in total. The van der Waals surface area contributed by atoms with E-state index in [2.05, 4.69) is 0 Å². The summed E-state index contributed by atoms with van der Waals surface area (Å²) < 4.78 is 31.1. The molecular formula is C14H19F2NO2. The number of ether oxygens (including phenoxy) is 1. The Balaban J connectivity index is 3.00. The first-order valence-corrected chi connectivity index (χ1v) is 6.30. The van der Waals surface area contributed by atoms with Gasteiger partial charge in [0.05, 0.1) is 12.0 Å². The normalized spacial score (nSPS) is 13.9. The molecule has 0 aliphatic carbocycles. The van der Waals surface area contributed by atoms with Crippen molar-refractivity contribution in [1.29, 1.82) is 0 Å². The molecular weight excluding hydrogens is 252 g/mol. The molecule has 1 aromatic carbocycles. The van der Waals surface area contributed by atoms with Gasteiger partial charge in [0.1, 0.15) is 0 Å². The van der Waals surface area contributed by atoms with Gasteiger partial charge in [-0.15, -0.1) is 0 Å². The van der Waals surface area contributed by atoms with Crippen molar-refractivity contribution >= 4 is 5.97 Å². The smallest absolute Gasteiger partial charge is 0.313 e. The number of nitrogens with two attached hydrogens (primary N) is 1. The van der Waals surface area contributed by atoms with Crippen molar-refractivity contribution < 1.29 is 18.3 Å². The van der Waals surface area contributed by atoms with Crippen molar-refractivity contribution in [3.8, 4) is 0 Å². The molecule has 1 atom stereocenters. The summed E-state index contributed by atoms with van der Waals surface area (Å²) in [6.45, 7) is 3.90. The van der Waals surface area contributed by atoms with E-state index < -0.39 is 23.0 Å². The summed E-state index contributed by atoms with van der Waals surface area (Å²) in [6, 6.07) is 3.60. The van der Waals surface area contributed by atoms with Gasteiger partial charge >= 0.3 is 5.97 Å². The zero-order chi connectivity index (χ0) is 14.5. The molecule has 1 aromatic rings. The first-order chi connectivity index (χ1) is 8.99. The predicted molar refractivity (Wildman–Crippen MR) is 68.5 cm³/mol. The molecule has 0 saturated heterocycles. The zero-order valence-corrected chi connectivity index (χ0v) is 11.2. The highest BCUT2D eigenvalue weighted by Crippen LogP contribution is 2.28. The molecule has 0 bridgehead atoms. The number of hydrogen-bond donors (Lipinski definition) is 1. The molecule has 0 aromatic heterocycles. The van der Waals surface area contributed by atoms with Gasteiger partial charge in [-0.25, -0.2) is 8.78 Å². The largest absolute Gasteiger partial charge is 0.466 e. The first kappa shape index (κ1) is 15.6. The van der Waals surface area contributed by atoms with Crippen LogP contribution in [0.15, 0.2) is 18.2 Å². The van der Waals surface area contributed by atoms with E-state index >= 15 is 0 Å². The van der Waals surface area contributed by atoms with E-state index in [1.165, 1.54) is 6.07 Å². The molecule has 0 radical (unpaired) electrons. The molecule has 0 aliphatic heterocycles. The van der Waals surface area contributed by atoms with Gasteiger partial charge in [0, 0.05) is 6.54 Å². The molecule has 106 valence electrons. The lowest BCUT2D eigenvalue weighted by Gasteiger charge is -2.28. The minimum Gasteiger partial charge on any atom is -0.466 e. The first-order valence-electron chi connectivity index (χ1n) is 6.30. The lowest BCUT2D eigenvalue weighted by Crippen LogP contribution is -2.41. The molecule has 0 fully saturated rings. The Morgan fingerprint density at radius 1 is 1.32 bits per heavy atom. The number of benzene rings is 1. The summed E-state index contributed by atoms with van der Waals surface area (Å²) >= 11 is 0. The van der Waals surface area contributed by atoms with Crippen LogP contribution in [0.1, 0.15) is 25.8 Å². The molecule has 1 rings (SSSR count). The molecule has 1 unspecified atom stereocenters. The van der Waals surface area contributed by atoms with E-state index in [0.717, 1.165) is 12.1 Å². The van der Waals surface area contributed by atoms with Gasteiger partial charge in [-0.3, -0.25) is 4.79 Å². The summed E-state index contributed by atoms with van der Waals surface area (Å²) in [6.07, 6.45) is 0.706. The standard InChI is InChI=1S/C14H19F2NO2/c1-3-14(9-17,13(18)19-4-2)8-10-5-6-11(15)12(16)7-10/h5-7H,3-4,8-9,17H2,1-2H3. The summed E-state index contributed by atoms with van der Waals surface area (Å²) in [5.74, 6) is -2.23. The van der Waals surface area contributed by atoms with Crippen molar-refractivity contribution in [3.05, 3.63) is 35.4 Å². The van der Waals surface area contributed by atoms with E-state index in [1.54, 1.807) is 6.92 Å². The average molecular weight is 271 g/mol. The SMILES string of the molecule is CCOC(=O)C(CC)(CN)Cc1ccc(F)c(F)c1. The summed E-state index contributed by atoms with van der Waals surface area (Å²) in [5.41, 5.74) is 5.34. The Morgan fingerprint density at radius 2 is 2.00 bits per heavy atom. The fourth-order valence-corrected chi connectivity index (χ4v) is 1.97. The summed E-state index contributed by atoms with van der Waals surface area (Å²) in [5, 5.41) is 0. The Morgan fingerprint density at radius 3 is 2.47 bits per heavy atom. The van der Waals surface area contributed by atoms with Crippen molar-refractivity contribution in [2.75, 3.05) is 13.2 Å². The molecule has 0 amide bonds. The van der Waals surface area contributed by atoms with Crippen LogP contribution in [0, 0.1) is 17.0 Å². The van der Waals surface area contributed by atoms with Crippen LogP contribution in [-0.2, 0) is 16.0 Å². The molecule has 0 aliphatic rings. The van der Waals surface area contributed by atoms with Gasteiger partial charge in [-0.05, 0) is 37.5 Å². The van der Waals surface area contributed by atoms with Gasteiger partial charge in [0.15, 0.2) is 11.6 Å². The number of hydrogen-bond acceptors (Lipinski definition) is 3. The molecule has 5 heteroatoms. The second kappa shape index (κ2) is 6.61. The van der Waals surface area contributed by atoms with Gasteiger partial charge in [0.2, 0.25) is 0 Å². The van der Waals surface area contributed by atoms with Crippen molar-refractivity contribution in [2.45, 2.75) is 26.7 Å². The van der Waals surface area contributed by atoms with Gasteiger partial charge in [0.25, 0.3) is 0 Å². The van der Waals surface area contributed by atoms with Crippen LogP contribution in [0.2, 0.25) is 0 Å². The van der Waals surface area contributed by atoms with Gasteiger partial charge in [-0.2, -0.15) is 0 Å². The fraction of sp³-hybridized carbons (Fsp3) is 0.500. The lowest BCUT2D eigenvalue weighted by atomic mass is 9.79. The number of halogens is 2. The highest BCUT2D eigenvalue weighted by Gasteiger charge is 2.37. The third-order valence-corrected chi connectivity index (χ3v) is 3.30. The zero-order valence-electron chi connectivity index (χ0n) is 11.2. The maximum atomic E-state index is 13.2. The maximum absolute atomic E-state index is 13.2. The maximum Gasteiger partial charge on any atom is 0.313 e. The third-order valence-electron chi connectivity index (χ3n) is 3.30. The summed E-state index contributed by atoms with van der Waals surface area (Å²) in [7, 11) is 0.